The molecule has 0 saturated carbocycles. The van der Waals surface area contributed by atoms with Crippen LogP contribution in [0.1, 0.15) is 19.3 Å². The van der Waals surface area contributed by atoms with Crippen molar-refractivity contribution in [3.8, 4) is 0 Å². The predicted octanol–water partition coefficient (Wildman–Crippen LogP) is 1.23. The number of nitrogens with zero attached hydrogens (tertiary/aromatic N) is 3. The second kappa shape index (κ2) is 7.91. The van der Waals surface area contributed by atoms with Crippen LogP contribution in [0.4, 0.5) is 5.69 Å². The predicted molar refractivity (Wildman–Crippen MR) is 87.0 cm³/mol. The maximum absolute atomic E-state index is 12.2. The summed E-state index contributed by atoms with van der Waals surface area (Å²) >= 11 is 3.41. The Morgan fingerprint density at radius 1 is 1.57 bits per heavy atom. The number of aromatic nitrogens is 2. The minimum absolute atomic E-state index is 0.118. The van der Waals surface area contributed by atoms with Crippen LogP contribution in [0, 0.1) is 0 Å². The number of rotatable bonds is 6. The molecule has 1 fully saturated rings. The molecule has 1 unspecified atom stereocenters. The molecule has 1 aliphatic heterocycles. The highest BCUT2D eigenvalue weighted by molar-refractivity contribution is 9.10. The molecule has 1 aliphatic rings. The van der Waals surface area contributed by atoms with Gasteiger partial charge in [0.15, 0.2) is 0 Å². The first-order valence-corrected chi connectivity index (χ1v) is 8.12. The van der Waals surface area contributed by atoms with Crippen LogP contribution in [0.5, 0.6) is 0 Å². The number of anilines is 1. The lowest BCUT2D eigenvalue weighted by atomic mass is 10.0. The normalized spacial score (nSPS) is 18.7. The number of hydrogen-bond acceptors (Lipinski definition) is 5. The van der Waals surface area contributed by atoms with Crippen molar-refractivity contribution in [1.29, 1.82) is 0 Å². The Kier molecular flexibility index (Phi) is 6.20. The number of piperidine rings is 1. The zero-order valence-corrected chi connectivity index (χ0v) is 14.2. The van der Waals surface area contributed by atoms with Crippen LogP contribution < -0.4 is 15.8 Å². The van der Waals surface area contributed by atoms with Crippen LogP contribution >= 0.6 is 15.9 Å². The third-order valence-corrected chi connectivity index (χ3v) is 4.54. The minimum atomic E-state index is -0.118. The van der Waals surface area contributed by atoms with Gasteiger partial charge in [-0.2, -0.15) is 5.10 Å². The van der Waals surface area contributed by atoms with Crippen molar-refractivity contribution in [3.05, 3.63) is 21.0 Å². The zero-order valence-electron chi connectivity index (χ0n) is 12.6. The van der Waals surface area contributed by atoms with Crippen molar-refractivity contribution in [2.24, 2.45) is 0 Å². The van der Waals surface area contributed by atoms with Gasteiger partial charge in [-0.15, -0.1) is 0 Å². The number of likely N-dealkylation sites (N-methyl/N-ethyl adjacent to an activating group) is 1. The molecular formula is C14H23BrN4O2. The van der Waals surface area contributed by atoms with E-state index in [0.29, 0.717) is 23.7 Å². The second-order valence-corrected chi connectivity index (χ2v) is 6.19. The maximum Gasteiger partial charge on any atom is 0.283 e. The molecule has 6 nitrogen and oxygen atoms in total. The molecule has 0 radical (unpaired) electrons. The van der Waals surface area contributed by atoms with E-state index in [1.165, 1.54) is 23.9 Å². The average molecular weight is 359 g/mol. The summed E-state index contributed by atoms with van der Waals surface area (Å²) in [7, 11) is 3.61. The molecule has 0 amide bonds. The molecule has 2 heterocycles. The second-order valence-electron chi connectivity index (χ2n) is 5.39. The molecule has 1 N–H and O–H groups in total. The van der Waals surface area contributed by atoms with Crippen molar-refractivity contribution in [2.75, 3.05) is 38.8 Å². The lowest BCUT2D eigenvalue weighted by molar-refractivity contribution is 0.181. The highest BCUT2D eigenvalue weighted by Crippen LogP contribution is 2.21. The van der Waals surface area contributed by atoms with Crippen LogP contribution in [-0.4, -0.2) is 49.7 Å². The quantitative estimate of drug-likeness (QED) is 0.828. The first-order valence-electron chi connectivity index (χ1n) is 7.32. The Bertz CT molecular complexity index is 514. The first-order chi connectivity index (χ1) is 10.1. The number of nitrogens with one attached hydrogen (secondary N) is 1. The van der Waals surface area contributed by atoms with E-state index in [2.05, 4.69) is 31.2 Å². The summed E-state index contributed by atoms with van der Waals surface area (Å²) in [6, 6.07) is 0.478. The highest BCUT2D eigenvalue weighted by atomic mass is 79.9. The molecular weight excluding hydrogens is 336 g/mol. The third-order valence-electron chi connectivity index (χ3n) is 3.79. The fourth-order valence-corrected chi connectivity index (χ4v) is 3.18. The molecule has 0 aliphatic carbocycles. The summed E-state index contributed by atoms with van der Waals surface area (Å²) in [5.74, 6) is 0. The van der Waals surface area contributed by atoms with Gasteiger partial charge in [0.1, 0.15) is 4.47 Å². The first kappa shape index (κ1) is 16.5. The molecule has 118 valence electrons. The molecule has 7 heteroatoms. The minimum Gasteiger partial charge on any atom is -0.383 e. The molecule has 1 saturated heterocycles. The van der Waals surface area contributed by atoms with Gasteiger partial charge in [0.2, 0.25) is 0 Å². The topological polar surface area (TPSA) is 59.4 Å². The van der Waals surface area contributed by atoms with Crippen molar-refractivity contribution >= 4 is 21.6 Å². The lowest BCUT2D eigenvalue weighted by Gasteiger charge is -2.29. The van der Waals surface area contributed by atoms with Crippen molar-refractivity contribution in [3.63, 3.8) is 0 Å². The Hall–Kier alpha value is -0.920. The number of ether oxygens (including phenoxy) is 1. The molecule has 2 rings (SSSR count). The van der Waals surface area contributed by atoms with E-state index >= 15 is 0 Å². The van der Waals surface area contributed by atoms with Crippen LogP contribution in [0.25, 0.3) is 0 Å². The summed E-state index contributed by atoms with van der Waals surface area (Å²) < 4.78 is 6.97. The fraction of sp³-hybridized carbons (Fsp3) is 0.714. The summed E-state index contributed by atoms with van der Waals surface area (Å²) in [5, 5.41) is 7.74. The molecule has 21 heavy (non-hydrogen) atoms. The number of halogens is 1. The smallest absolute Gasteiger partial charge is 0.283 e. The van der Waals surface area contributed by atoms with Gasteiger partial charge in [-0.1, -0.05) is 6.42 Å². The van der Waals surface area contributed by atoms with Gasteiger partial charge in [0, 0.05) is 26.7 Å². The standard InChI is InChI=1S/C14H23BrN4O2/c1-18(10-11-5-3-4-6-16-11)12-9-17-19(7-8-21-2)14(20)13(12)15/h9,11,16H,3-8,10H2,1-2H3. The van der Waals surface area contributed by atoms with E-state index in [4.69, 9.17) is 4.74 Å². The summed E-state index contributed by atoms with van der Waals surface area (Å²) in [6.07, 6.45) is 5.44. The maximum atomic E-state index is 12.2. The molecule has 1 atom stereocenters. The highest BCUT2D eigenvalue weighted by Gasteiger charge is 2.18. The van der Waals surface area contributed by atoms with Gasteiger partial charge < -0.3 is 15.0 Å². The van der Waals surface area contributed by atoms with E-state index in [-0.39, 0.29) is 5.56 Å². The number of hydrogen-bond donors (Lipinski definition) is 1. The Balaban J connectivity index is 2.08. The van der Waals surface area contributed by atoms with Crippen LogP contribution in [-0.2, 0) is 11.3 Å². The van der Waals surface area contributed by atoms with Crippen LogP contribution in [0.15, 0.2) is 15.5 Å². The SMILES string of the molecule is COCCn1ncc(N(C)CC2CCCCN2)c(Br)c1=O. The van der Waals surface area contributed by atoms with E-state index in [1.807, 2.05) is 7.05 Å². The fourth-order valence-electron chi connectivity index (χ4n) is 2.57. The van der Waals surface area contributed by atoms with E-state index in [9.17, 15) is 4.79 Å². The van der Waals surface area contributed by atoms with Crippen LogP contribution in [0.3, 0.4) is 0 Å². The average Bonchev–Trinajstić information content (AvgIpc) is 2.49. The van der Waals surface area contributed by atoms with E-state index in [0.717, 1.165) is 18.8 Å². The summed E-state index contributed by atoms with van der Waals surface area (Å²) in [4.78, 5) is 14.3. The van der Waals surface area contributed by atoms with Gasteiger partial charge in [0.05, 0.1) is 25.0 Å². The Labute approximate surface area is 133 Å². The van der Waals surface area contributed by atoms with Gasteiger partial charge in [-0.3, -0.25) is 4.79 Å². The largest absolute Gasteiger partial charge is 0.383 e. The van der Waals surface area contributed by atoms with Gasteiger partial charge in [0.25, 0.3) is 5.56 Å². The Morgan fingerprint density at radius 3 is 3.05 bits per heavy atom. The zero-order chi connectivity index (χ0) is 15.2. The molecule has 0 spiro atoms. The van der Waals surface area contributed by atoms with E-state index < -0.39 is 0 Å². The van der Waals surface area contributed by atoms with Gasteiger partial charge in [-0.25, -0.2) is 4.68 Å². The van der Waals surface area contributed by atoms with Crippen molar-refractivity contribution in [1.82, 2.24) is 15.1 Å². The molecule has 0 bridgehead atoms. The monoisotopic (exact) mass is 358 g/mol. The molecule has 1 aromatic rings. The summed E-state index contributed by atoms with van der Waals surface area (Å²) in [5.41, 5.74) is 0.717. The molecule has 0 aromatic carbocycles. The van der Waals surface area contributed by atoms with Gasteiger partial charge in [-0.05, 0) is 35.3 Å². The lowest BCUT2D eigenvalue weighted by Crippen LogP contribution is -2.43. The Morgan fingerprint density at radius 2 is 2.38 bits per heavy atom. The van der Waals surface area contributed by atoms with Crippen molar-refractivity contribution in [2.45, 2.75) is 31.8 Å². The molecule has 1 aromatic heterocycles. The third kappa shape index (κ3) is 4.28. The van der Waals surface area contributed by atoms with Gasteiger partial charge >= 0.3 is 0 Å². The van der Waals surface area contributed by atoms with Crippen molar-refractivity contribution < 1.29 is 4.74 Å². The van der Waals surface area contributed by atoms with Crippen LogP contribution in [0.2, 0.25) is 0 Å². The summed E-state index contributed by atoms with van der Waals surface area (Å²) in [6.45, 7) is 2.89. The van der Waals surface area contributed by atoms with E-state index in [1.54, 1.807) is 13.3 Å². The number of methoxy groups -OCH3 is 1.